The van der Waals surface area contributed by atoms with Crippen LogP contribution in [0.1, 0.15) is 23.2 Å². The second kappa shape index (κ2) is 8.79. The zero-order valence-corrected chi connectivity index (χ0v) is 15.7. The van der Waals surface area contributed by atoms with Crippen molar-refractivity contribution in [3.8, 4) is 22.9 Å². The van der Waals surface area contributed by atoms with Crippen LogP contribution in [0.15, 0.2) is 60.9 Å². The van der Waals surface area contributed by atoms with Gasteiger partial charge in [0.15, 0.2) is 0 Å². The predicted octanol–water partition coefficient (Wildman–Crippen LogP) is 3.98. The normalized spacial score (nSPS) is 15.8. The van der Waals surface area contributed by atoms with Gasteiger partial charge in [0.1, 0.15) is 11.6 Å². The molecule has 6 nitrogen and oxygen atoms in total. The first-order valence-corrected chi connectivity index (χ1v) is 9.43. The van der Waals surface area contributed by atoms with Crippen molar-refractivity contribution in [3.63, 3.8) is 0 Å². The molecule has 0 saturated carbocycles. The van der Waals surface area contributed by atoms with E-state index in [1.54, 1.807) is 24.5 Å². The number of rotatable bonds is 6. The molecule has 1 fully saturated rings. The zero-order valence-electron chi connectivity index (χ0n) is 15.7. The second-order valence-electron chi connectivity index (χ2n) is 6.73. The summed E-state index contributed by atoms with van der Waals surface area (Å²) in [6, 6.07) is 13.0. The van der Waals surface area contributed by atoms with Crippen LogP contribution >= 0.6 is 0 Å². The largest absolute Gasteiger partial charge is 0.424 e. The highest BCUT2D eigenvalue weighted by molar-refractivity contribution is 5.94. The maximum Gasteiger partial charge on any atom is 0.321 e. The van der Waals surface area contributed by atoms with Crippen LogP contribution in [0.4, 0.5) is 4.39 Å². The number of amides is 1. The average Bonchev–Trinajstić information content (AvgIpc) is 3.28. The average molecular weight is 393 g/mol. The maximum atomic E-state index is 12.9. The molecule has 148 valence electrons. The van der Waals surface area contributed by atoms with E-state index in [0.717, 1.165) is 30.6 Å². The Morgan fingerprint density at radius 1 is 1.07 bits per heavy atom. The molecule has 1 N–H and O–H groups in total. The molecule has 29 heavy (non-hydrogen) atoms. The van der Waals surface area contributed by atoms with E-state index in [-0.39, 0.29) is 23.8 Å². The molecule has 7 heteroatoms. The smallest absolute Gasteiger partial charge is 0.321 e. The maximum absolute atomic E-state index is 12.9. The number of carbonyl (C=O) groups is 1. The molecule has 1 saturated heterocycles. The van der Waals surface area contributed by atoms with Gasteiger partial charge in [0.25, 0.3) is 5.91 Å². The van der Waals surface area contributed by atoms with Gasteiger partial charge in [0.05, 0.1) is 6.10 Å². The molecule has 0 aliphatic carbocycles. The van der Waals surface area contributed by atoms with Crippen LogP contribution in [0.5, 0.6) is 11.8 Å². The van der Waals surface area contributed by atoms with Crippen LogP contribution in [0, 0.1) is 5.82 Å². The van der Waals surface area contributed by atoms with E-state index in [1.165, 1.54) is 24.3 Å². The van der Waals surface area contributed by atoms with Gasteiger partial charge in [-0.3, -0.25) is 4.79 Å². The van der Waals surface area contributed by atoms with E-state index in [0.29, 0.717) is 17.9 Å². The quantitative estimate of drug-likeness (QED) is 0.686. The Morgan fingerprint density at radius 2 is 1.79 bits per heavy atom. The fraction of sp³-hybridized carbons (Fsp3) is 0.227. The lowest BCUT2D eigenvalue weighted by molar-refractivity contribution is 0.0858. The van der Waals surface area contributed by atoms with E-state index in [4.69, 9.17) is 9.47 Å². The van der Waals surface area contributed by atoms with Crippen LogP contribution in [0.25, 0.3) is 11.1 Å². The summed E-state index contributed by atoms with van der Waals surface area (Å²) in [4.78, 5) is 20.6. The summed E-state index contributed by atoms with van der Waals surface area (Å²) in [7, 11) is 0. The van der Waals surface area contributed by atoms with Crippen LogP contribution in [0.3, 0.4) is 0 Å². The minimum Gasteiger partial charge on any atom is -0.424 e. The van der Waals surface area contributed by atoms with E-state index in [1.807, 2.05) is 12.1 Å². The SMILES string of the molecule is O=C(NC[C@@H]1CCCO1)c1ccc(-c2cnc(Oc3ccc(F)cc3)nc2)cc1. The number of hydrogen-bond donors (Lipinski definition) is 1. The fourth-order valence-electron chi connectivity index (χ4n) is 3.05. The van der Waals surface area contributed by atoms with Crippen molar-refractivity contribution in [2.24, 2.45) is 0 Å². The molecule has 1 amide bonds. The highest BCUT2D eigenvalue weighted by Crippen LogP contribution is 2.22. The summed E-state index contributed by atoms with van der Waals surface area (Å²) in [5, 5.41) is 2.91. The molecular formula is C22H20FN3O3. The Bertz CT molecular complexity index is 954. The third kappa shape index (κ3) is 4.94. The minimum atomic E-state index is -0.336. The summed E-state index contributed by atoms with van der Waals surface area (Å²) < 4.78 is 23.9. The number of benzene rings is 2. The lowest BCUT2D eigenvalue weighted by Crippen LogP contribution is -2.31. The van der Waals surface area contributed by atoms with Crippen molar-refractivity contribution < 1.29 is 18.7 Å². The Balaban J connectivity index is 1.36. The number of hydrogen-bond acceptors (Lipinski definition) is 5. The number of ether oxygens (including phenoxy) is 2. The fourth-order valence-corrected chi connectivity index (χ4v) is 3.05. The van der Waals surface area contributed by atoms with Gasteiger partial charge in [-0.25, -0.2) is 14.4 Å². The van der Waals surface area contributed by atoms with Gasteiger partial charge in [0, 0.05) is 36.7 Å². The molecule has 0 unspecified atom stereocenters. The lowest BCUT2D eigenvalue weighted by Gasteiger charge is -2.11. The monoisotopic (exact) mass is 393 g/mol. The zero-order chi connectivity index (χ0) is 20.1. The third-order valence-corrected chi connectivity index (χ3v) is 4.65. The van der Waals surface area contributed by atoms with Gasteiger partial charge in [-0.2, -0.15) is 0 Å². The molecule has 2 aromatic carbocycles. The molecular weight excluding hydrogens is 373 g/mol. The molecule has 1 aromatic heterocycles. The topological polar surface area (TPSA) is 73.3 Å². The van der Waals surface area contributed by atoms with Gasteiger partial charge in [-0.15, -0.1) is 0 Å². The van der Waals surface area contributed by atoms with Crippen molar-refractivity contribution in [3.05, 3.63) is 72.3 Å². The van der Waals surface area contributed by atoms with E-state index in [9.17, 15) is 9.18 Å². The molecule has 1 aliphatic rings. The summed E-state index contributed by atoms with van der Waals surface area (Å²) in [6.07, 6.45) is 5.42. The lowest BCUT2D eigenvalue weighted by atomic mass is 10.1. The first-order chi connectivity index (χ1) is 14.2. The molecule has 4 rings (SSSR count). The van der Waals surface area contributed by atoms with E-state index < -0.39 is 0 Å². The number of nitrogens with zero attached hydrogens (tertiary/aromatic N) is 2. The summed E-state index contributed by atoms with van der Waals surface area (Å²) in [5.74, 6) is 0.00137. The van der Waals surface area contributed by atoms with Gasteiger partial charge in [-0.05, 0) is 54.8 Å². The Hall–Kier alpha value is -3.32. The van der Waals surface area contributed by atoms with Crippen molar-refractivity contribution in [2.45, 2.75) is 18.9 Å². The van der Waals surface area contributed by atoms with Gasteiger partial charge in [0.2, 0.25) is 0 Å². The van der Waals surface area contributed by atoms with Crippen LogP contribution in [-0.4, -0.2) is 35.1 Å². The molecule has 0 spiro atoms. The third-order valence-electron chi connectivity index (χ3n) is 4.65. The second-order valence-corrected chi connectivity index (χ2v) is 6.73. The Kier molecular flexibility index (Phi) is 5.76. The highest BCUT2D eigenvalue weighted by atomic mass is 19.1. The molecule has 3 aromatic rings. The van der Waals surface area contributed by atoms with Crippen molar-refractivity contribution >= 4 is 5.91 Å². The van der Waals surface area contributed by atoms with E-state index >= 15 is 0 Å². The number of halogens is 1. The van der Waals surface area contributed by atoms with Crippen LogP contribution in [0.2, 0.25) is 0 Å². The predicted molar refractivity (Wildman–Crippen MR) is 105 cm³/mol. The van der Waals surface area contributed by atoms with Crippen molar-refractivity contribution in [2.75, 3.05) is 13.2 Å². The van der Waals surface area contributed by atoms with Crippen molar-refractivity contribution in [1.82, 2.24) is 15.3 Å². The van der Waals surface area contributed by atoms with Crippen molar-refractivity contribution in [1.29, 1.82) is 0 Å². The molecule has 0 bridgehead atoms. The Labute approximate surface area is 167 Å². The number of aromatic nitrogens is 2. The Morgan fingerprint density at radius 3 is 2.45 bits per heavy atom. The standard InChI is InChI=1S/C22H20FN3O3/c23-18-7-9-19(10-8-18)29-22-25-12-17(13-26-22)15-3-5-16(6-4-15)21(27)24-14-20-2-1-11-28-20/h3-10,12-13,20H,1-2,11,14H2,(H,24,27)/t20-/m0/s1. The summed E-state index contributed by atoms with van der Waals surface area (Å²) in [6.45, 7) is 1.30. The van der Waals surface area contributed by atoms with Crippen LogP contribution < -0.4 is 10.1 Å². The first kappa shape index (κ1) is 19.0. The molecule has 0 radical (unpaired) electrons. The van der Waals surface area contributed by atoms with Crippen LogP contribution in [-0.2, 0) is 4.74 Å². The molecule has 1 atom stereocenters. The first-order valence-electron chi connectivity index (χ1n) is 9.43. The number of nitrogens with one attached hydrogen (secondary N) is 1. The molecule has 2 heterocycles. The summed E-state index contributed by atoms with van der Waals surface area (Å²) in [5.41, 5.74) is 2.26. The van der Waals surface area contributed by atoms with Gasteiger partial charge in [-0.1, -0.05) is 12.1 Å². The minimum absolute atomic E-state index is 0.117. The van der Waals surface area contributed by atoms with E-state index in [2.05, 4.69) is 15.3 Å². The highest BCUT2D eigenvalue weighted by Gasteiger charge is 2.16. The molecule has 1 aliphatic heterocycles. The number of carbonyl (C=O) groups excluding carboxylic acids is 1. The summed E-state index contributed by atoms with van der Waals surface area (Å²) >= 11 is 0. The van der Waals surface area contributed by atoms with Gasteiger partial charge < -0.3 is 14.8 Å². The van der Waals surface area contributed by atoms with Gasteiger partial charge >= 0.3 is 6.01 Å².